The molecule has 6 nitrogen and oxygen atoms in total. The summed E-state index contributed by atoms with van der Waals surface area (Å²) in [7, 11) is 3.44. The number of ether oxygens (including phenoxy) is 1. The molecule has 2 aromatic rings. The van der Waals surface area contributed by atoms with Gasteiger partial charge < -0.3 is 10.1 Å². The Bertz CT molecular complexity index is 687. The SMILES string of the molecule is COc1ccc(CN(C)CC(=O)NC(=O)NCc2ccccc2)cc1. The Hall–Kier alpha value is -2.86. The molecule has 2 aromatic carbocycles. The highest BCUT2D eigenvalue weighted by Crippen LogP contribution is 2.12. The van der Waals surface area contributed by atoms with E-state index in [-0.39, 0.29) is 12.5 Å². The number of urea groups is 1. The van der Waals surface area contributed by atoms with Crippen LogP contribution in [0.25, 0.3) is 0 Å². The summed E-state index contributed by atoms with van der Waals surface area (Å²) in [6.07, 6.45) is 0. The second-order valence-electron chi connectivity index (χ2n) is 5.74. The Morgan fingerprint density at radius 1 is 1.00 bits per heavy atom. The molecule has 0 aliphatic carbocycles. The first-order valence-electron chi connectivity index (χ1n) is 8.00. The van der Waals surface area contributed by atoms with Gasteiger partial charge >= 0.3 is 6.03 Å². The summed E-state index contributed by atoms with van der Waals surface area (Å²) in [5.41, 5.74) is 2.03. The van der Waals surface area contributed by atoms with Crippen LogP contribution in [0.1, 0.15) is 11.1 Å². The highest BCUT2D eigenvalue weighted by atomic mass is 16.5. The molecule has 0 aromatic heterocycles. The van der Waals surface area contributed by atoms with Crippen LogP contribution in [0, 0.1) is 0 Å². The average molecular weight is 341 g/mol. The van der Waals surface area contributed by atoms with Gasteiger partial charge in [0.25, 0.3) is 0 Å². The van der Waals surface area contributed by atoms with Crippen LogP contribution in [0.3, 0.4) is 0 Å². The molecule has 0 unspecified atom stereocenters. The van der Waals surface area contributed by atoms with Crippen LogP contribution < -0.4 is 15.4 Å². The minimum atomic E-state index is -0.494. The van der Waals surface area contributed by atoms with Crippen LogP contribution in [-0.2, 0) is 17.9 Å². The Kier molecular flexibility index (Phi) is 6.98. The molecule has 0 aliphatic heterocycles. The predicted molar refractivity (Wildman–Crippen MR) is 96.1 cm³/mol. The maximum Gasteiger partial charge on any atom is 0.321 e. The summed E-state index contributed by atoms with van der Waals surface area (Å²) in [5, 5.41) is 5.00. The molecule has 0 saturated heterocycles. The van der Waals surface area contributed by atoms with Crippen molar-refractivity contribution in [1.82, 2.24) is 15.5 Å². The average Bonchev–Trinajstić information content (AvgIpc) is 2.61. The monoisotopic (exact) mass is 341 g/mol. The number of hydrogen-bond donors (Lipinski definition) is 2. The van der Waals surface area contributed by atoms with E-state index >= 15 is 0 Å². The number of carbonyl (C=O) groups excluding carboxylic acids is 2. The summed E-state index contributed by atoms with van der Waals surface area (Å²) in [5.74, 6) is 0.445. The zero-order valence-corrected chi connectivity index (χ0v) is 14.5. The molecular formula is C19H23N3O3. The number of nitrogens with zero attached hydrogens (tertiary/aromatic N) is 1. The Labute approximate surface area is 147 Å². The van der Waals surface area contributed by atoms with Crippen molar-refractivity contribution in [3.8, 4) is 5.75 Å². The van der Waals surface area contributed by atoms with Crippen molar-refractivity contribution in [2.45, 2.75) is 13.1 Å². The molecule has 0 radical (unpaired) electrons. The fraction of sp³-hybridized carbons (Fsp3) is 0.263. The lowest BCUT2D eigenvalue weighted by Gasteiger charge is -2.16. The van der Waals surface area contributed by atoms with Crippen LogP contribution in [0.2, 0.25) is 0 Å². The van der Waals surface area contributed by atoms with E-state index in [0.717, 1.165) is 16.9 Å². The molecule has 0 aliphatic rings. The largest absolute Gasteiger partial charge is 0.497 e. The minimum Gasteiger partial charge on any atom is -0.497 e. The number of amides is 3. The van der Waals surface area contributed by atoms with Crippen molar-refractivity contribution in [2.75, 3.05) is 20.7 Å². The molecule has 6 heteroatoms. The van der Waals surface area contributed by atoms with E-state index in [0.29, 0.717) is 13.1 Å². The summed E-state index contributed by atoms with van der Waals surface area (Å²) >= 11 is 0. The first-order valence-corrected chi connectivity index (χ1v) is 8.00. The first kappa shape index (κ1) is 18.5. The molecule has 2 N–H and O–H groups in total. The zero-order valence-electron chi connectivity index (χ0n) is 14.5. The summed E-state index contributed by atoms with van der Waals surface area (Å²) < 4.78 is 5.12. The number of rotatable bonds is 7. The number of carbonyl (C=O) groups is 2. The van der Waals surface area contributed by atoms with Crippen LogP contribution in [0.4, 0.5) is 4.79 Å². The molecule has 0 saturated carbocycles. The maximum atomic E-state index is 11.9. The van der Waals surface area contributed by atoms with E-state index in [1.54, 1.807) is 7.11 Å². The summed E-state index contributed by atoms with van der Waals surface area (Å²) in [6, 6.07) is 16.7. The molecule has 2 rings (SSSR count). The third-order valence-corrected chi connectivity index (χ3v) is 3.57. The van der Waals surface area contributed by atoms with Crippen molar-refractivity contribution >= 4 is 11.9 Å². The molecule has 25 heavy (non-hydrogen) atoms. The molecule has 132 valence electrons. The molecule has 0 fully saturated rings. The molecular weight excluding hydrogens is 318 g/mol. The number of nitrogens with one attached hydrogen (secondary N) is 2. The van der Waals surface area contributed by atoms with Gasteiger partial charge in [0.05, 0.1) is 13.7 Å². The van der Waals surface area contributed by atoms with Gasteiger partial charge in [-0.2, -0.15) is 0 Å². The zero-order chi connectivity index (χ0) is 18.1. The van der Waals surface area contributed by atoms with Crippen LogP contribution >= 0.6 is 0 Å². The van der Waals surface area contributed by atoms with Gasteiger partial charge in [-0.25, -0.2) is 4.79 Å². The van der Waals surface area contributed by atoms with Gasteiger partial charge in [0, 0.05) is 13.1 Å². The van der Waals surface area contributed by atoms with E-state index in [2.05, 4.69) is 10.6 Å². The van der Waals surface area contributed by atoms with Gasteiger partial charge in [-0.15, -0.1) is 0 Å². The molecule has 0 bridgehead atoms. The van der Waals surface area contributed by atoms with Gasteiger partial charge in [-0.05, 0) is 30.3 Å². The predicted octanol–water partition coefficient (Wildman–Crippen LogP) is 2.15. The Balaban J connectivity index is 1.71. The number of benzene rings is 2. The van der Waals surface area contributed by atoms with Gasteiger partial charge in [0.1, 0.15) is 5.75 Å². The van der Waals surface area contributed by atoms with E-state index in [1.165, 1.54) is 0 Å². The molecule has 0 spiro atoms. The van der Waals surface area contributed by atoms with Gasteiger partial charge in [-0.3, -0.25) is 15.0 Å². The molecule has 0 atom stereocenters. The summed E-state index contributed by atoms with van der Waals surface area (Å²) in [4.78, 5) is 25.5. The first-order chi connectivity index (χ1) is 12.1. The van der Waals surface area contributed by atoms with E-state index in [1.807, 2.05) is 66.5 Å². The third kappa shape index (κ3) is 6.64. The van der Waals surface area contributed by atoms with E-state index in [9.17, 15) is 9.59 Å². The quantitative estimate of drug-likeness (QED) is 0.810. The third-order valence-electron chi connectivity index (χ3n) is 3.57. The standard InChI is InChI=1S/C19H23N3O3/c1-22(13-16-8-10-17(25-2)11-9-16)14-18(23)21-19(24)20-12-15-6-4-3-5-7-15/h3-11H,12-14H2,1-2H3,(H2,20,21,23,24). The lowest BCUT2D eigenvalue weighted by molar-refractivity contribution is -0.120. The van der Waals surface area contributed by atoms with Crippen molar-refractivity contribution in [3.05, 3.63) is 65.7 Å². The molecule has 3 amide bonds. The maximum absolute atomic E-state index is 11.9. The van der Waals surface area contributed by atoms with E-state index in [4.69, 9.17) is 4.74 Å². The fourth-order valence-corrected chi connectivity index (χ4v) is 2.33. The second-order valence-corrected chi connectivity index (χ2v) is 5.74. The number of imide groups is 1. The van der Waals surface area contributed by atoms with Crippen LogP contribution in [-0.4, -0.2) is 37.5 Å². The van der Waals surface area contributed by atoms with Crippen molar-refractivity contribution < 1.29 is 14.3 Å². The van der Waals surface area contributed by atoms with Crippen LogP contribution in [0.15, 0.2) is 54.6 Å². The van der Waals surface area contributed by atoms with Crippen molar-refractivity contribution in [2.24, 2.45) is 0 Å². The number of likely N-dealkylation sites (N-methyl/N-ethyl adjacent to an activating group) is 1. The lowest BCUT2D eigenvalue weighted by Crippen LogP contribution is -2.43. The Morgan fingerprint density at radius 2 is 1.68 bits per heavy atom. The Morgan fingerprint density at radius 3 is 2.32 bits per heavy atom. The topological polar surface area (TPSA) is 70.7 Å². The fourth-order valence-electron chi connectivity index (χ4n) is 2.33. The number of methoxy groups -OCH3 is 1. The van der Waals surface area contributed by atoms with Gasteiger partial charge in [0.15, 0.2) is 0 Å². The minimum absolute atomic E-state index is 0.130. The smallest absolute Gasteiger partial charge is 0.321 e. The highest BCUT2D eigenvalue weighted by molar-refractivity contribution is 5.95. The summed E-state index contributed by atoms with van der Waals surface area (Å²) in [6.45, 7) is 1.11. The second kappa shape index (κ2) is 9.44. The number of hydrogen-bond acceptors (Lipinski definition) is 4. The van der Waals surface area contributed by atoms with Gasteiger partial charge in [0.2, 0.25) is 5.91 Å². The van der Waals surface area contributed by atoms with Crippen molar-refractivity contribution in [1.29, 1.82) is 0 Å². The van der Waals surface area contributed by atoms with Gasteiger partial charge in [-0.1, -0.05) is 42.5 Å². The van der Waals surface area contributed by atoms with Crippen LogP contribution in [0.5, 0.6) is 5.75 Å². The lowest BCUT2D eigenvalue weighted by atomic mass is 10.2. The normalized spacial score (nSPS) is 10.4. The highest BCUT2D eigenvalue weighted by Gasteiger charge is 2.10. The van der Waals surface area contributed by atoms with E-state index < -0.39 is 6.03 Å². The molecule has 0 heterocycles. The van der Waals surface area contributed by atoms with Crippen molar-refractivity contribution in [3.63, 3.8) is 0 Å².